The zero-order chi connectivity index (χ0) is 13.1. The molecule has 96 valence electrons. The standard InChI is InChI=1S/C13H17FN4/c1-9(2)17-13(12-6-7-16-18(12)3)11-5-4-10(14)8-15-11/h4-9,13,17H,1-3H3. The number of nitrogens with one attached hydrogen (secondary N) is 1. The van der Waals surface area contributed by atoms with E-state index in [0.29, 0.717) is 0 Å². The molecule has 0 spiro atoms. The van der Waals surface area contributed by atoms with Gasteiger partial charge in [-0.15, -0.1) is 0 Å². The van der Waals surface area contributed by atoms with E-state index in [1.54, 1.807) is 16.9 Å². The molecule has 0 amide bonds. The first-order valence-corrected chi connectivity index (χ1v) is 5.93. The van der Waals surface area contributed by atoms with Gasteiger partial charge in [0, 0.05) is 19.3 Å². The number of halogens is 1. The molecule has 0 aliphatic rings. The van der Waals surface area contributed by atoms with E-state index in [-0.39, 0.29) is 17.9 Å². The van der Waals surface area contributed by atoms with Crippen LogP contribution in [0.4, 0.5) is 4.39 Å². The fraction of sp³-hybridized carbons (Fsp3) is 0.385. The first kappa shape index (κ1) is 12.7. The molecule has 0 aromatic carbocycles. The summed E-state index contributed by atoms with van der Waals surface area (Å²) < 4.78 is 14.7. The molecule has 0 saturated heterocycles. The molecular weight excluding hydrogens is 231 g/mol. The fourth-order valence-electron chi connectivity index (χ4n) is 1.88. The Morgan fingerprint density at radius 1 is 1.28 bits per heavy atom. The number of aromatic nitrogens is 3. The van der Waals surface area contributed by atoms with Gasteiger partial charge in [0.15, 0.2) is 0 Å². The average molecular weight is 248 g/mol. The second kappa shape index (κ2) is 5.27. The van der Waals surface area contributed by atoms with Gasteiger partial charge in [0.25, 0.3) is 0 Å². The van der Waals surface area contributed by atoms with E-state index in [4.69, 9.17) is 0 Å². The second-order valence-corrected chi connectivity index (χ2v) is 4.54. The van der Waals surface area contributed by atoms with Crippen LogP contribution in [0.25, 0.3) is 0 Å². The van der Waals surface area contributed by atoms with E-state index < -0.39 is 0 Å². The van der Waals surface area contributed by atoms with Crippen LogP contribution in [0.2, 0.25) is 0 Å². The summed E-state index contributed by atoms with van der Waals surface area (Å²) in [5, 5.41) is 7.58. The van der Waals surface area contributed by atoms with Gasteiger partial charge in [-0.1, -0.05) is 0 Å². The van der Waals surface area contributed by atoms with E-state index in [1.807, 2.05) is 13.1 Å². The van der Waals surface area contributed by atoms with Crippen molar-refractivity contribution < 1.29 is 4.39 Å². The van der Waals surface area contributed by atoms with Crippen molar-refractivity contribution in [3.05, 3.63) is 47.8 Å². The molecule has 0 radical (unpaired) electrons. The molecule has 0 aliphatic carbocycles. The molecule has 18 heavy (non-hydrogen) atoms. The maximum Gasteiger partial charge on any atom is 0.141 e. The summed E-state index contributed by atoms with van der Waals surface area (Å²) in [4.78, 5) is 4.15. The number of nitrogens with zero attached hydrogens (tertiary/aromatic N) is 3. The summed E-state index contributed by atoms with van der Waals surface area (Å²) >= 11 is 0. The number of aryl methyl sites for hydroxylation is 1. The topological polar surface area (TPSA) is 42.7 Å². The molecule has 0 aliphatic heterocycles. The maximum atomic E-state index is 12.9. The van der Waals surface area contributed by atoms with Gasteiger partial charge in [0.1, 0.15) is 5.82 Å². The van der Waals surface area contributed by atoms with Gasteiger partial charge in [-0.3, -0.25) is 9.67 Å². The number of hydrogen-bond acceptors (Lipinski definition) is 3. The molecule has 0 bridgehead atoms. The smallest absolute Gasteiger partial charge is 0.141 e. The van der Waals surface area contributed by atoms with E-state index in [2.05, 4.69) is 29.2 Å². The van der Waals surface area contributed by atoms with Crippen LogP contribution in [0.1, 0.15) is 31.3 Å². The Labute approximate surface area is 106 Å². The third-order valence-corrected chi connectivity index (χ3v) is 2.70. The monoisotopic (exact) mass is 248 g/mol. The van der Waals surface area contributed by atoms with Crippen molar-refractivity contribution in [2.75, 3.05) is 0 Å². The minimum absolute atomic E-state index is 0.0851. The summed E-state index contributed by atoms with van der Waals surface area (Å²) in [6.45, 7) is 4.12. The van der Waals surface area contributed by atoms with Crippen LogP contribution in [-0.2, 0) is 7.05 Å². The van der Waals surface area contributed by atoms with Crippen molar-refractivity contribution in [3.63, 3.8) is 0 Å². The highest BCUT2D eigenvalue weighted by atomic mass is 19.1. The van der Waals surface area contributed by atoms with Gasteiger partial charge in [-0.2, -0.15) is 5.10 Å². The number of hydrogen-bond donors (Lipinski definition) is 1. The Morgan fingerprint density at radius 3 is 2.56 bits per heavy atom. The summed E-state index contributed by atoms with van der Waals surface area (Å²) in [6.07, 6.45) is 2.98. The summed E-state index contributed by atoms with van der Waals surface area (Å²) in [6, 6.07) is 5.26. The van der Waals surface area contributed by atoms with E-state index in [0.717, 1.165) is 11.4 Å². The van der Waals surface area contributed by atoms with Gasteiger partial charge in [-0.25, -0.2) is 4.39 Å². The highest BCUT2D eigenvalue weighted by molar-refractivity contribution is 5.22. The fourth-order valence-corrected chi connectivity index (χ4v) is 1.88. The molecular formula is C13H17FN4. The first-order valence-electron chi connectivity index (χ1n) is 5.93. The Morgan fingerprint density at radius 2 is 2.06 bits per heavy atom. The maximum absolute atomic E-state index is 12.9. The molecule has 2 aromatic rings. The van der Waals surface area contributed by atoms with Crippen molar-refractivity contribution >= 4 is 0 Å². The molecule has 1 N–H and O–H groups in total. The molecule has 2 heterocycles. The van der Waals surface area contributed by atoms with Crippen LogP contribution >= 0.6 is 0 Å². The molecule has 4 nitrogen and oxygen atoms in total. The molecule has 2 aromatic heterocycles. The molecule has 0 saturated carbocycles. The van der Waals surface area contributed by atoms with Crippen LogP contribution in [0.15, 0.2) is 30.6 Å². The number of pyridine rings is 1. The highest BCUT2D eigenvalue weighted by Crippen LogP contribution is 2.20. The average Bonchev–Trinajstić information content (AvgIpc) is 2.73. The van der Waals surface area contributed by atoms with Crippen LogP contribution < -0.4 is 5.32 Å². The molecule has 5 heteroatoms. The molecule has 1 atom stereocenters. The third-order valence-electron chi connectivity index (χ3n) is 2.70. The molecule has 2 rings (SSSR count). The van der Waals surface area contributed by atoms with Gasteiger partial charge in [0.2, 0.25) is 0 Å². The van der Waals surface area contributed by atoms with Crippen LogP contribution in [0.5, 0.6) is 0 Å². The summed E-state index contributed by atoms with van der Waals surface area (Å²) in [5.74, 6) is -0.327. The van der Waals surface area contributed by atoms with Gasteiger partial charge in [0.05, 0.1) is 23.6 Å². The number of rotatable bonds is 4. The van der Waals surface area contributed by atoms with E-state index in [1.165, 1.54) is 12.3 Å². The third kappa shape index (κ3) is 2.73. The van der Waals surface area contributed by atoms with Crippen molar-refractivity contribution in [2.45, 2.75) is 25.9 Å². The predicted octanol–water partition coefficient (Wildman–Crippen LogP) is 2.04. The van der Waals surface area contributed by atoms with Crippen molar-refractivity contribution in [2.24, 2.45) is 7.05 Å². The van der Waals surface area contributed by atoms with Crippen LogP contribution in [0, 0.1) is 5.82 Å². The summed E-state index contributed by atoms with van der Waals surface area (Å²) in [5.41, 5.74) is 1.79. The minimum Gasteiger partial charge on any atom is -0.301 e. The normalized spacial score (nSPS) is 12.9. The van der Waals surface area contributed by atoms with E-state index in [9.17, 15) is 4.39 Å². The quantitative estimate of drug-likeness (QED) is 0.900. The van der Waals surface area contributed by atoms with Crippen molar-refractivity contribution in [1.29, 1.82) is 0 Å². The Balaban J connectivity index is 2.36. The van der Waals surface area contributed by atoms with Gasteiger partial charge < -0.3 is 5.32 Å². The second-order valence-electron chi connectivity index (χ2n) is 4.54. The van der Waals surface area contributed by atoms with Crippen molar-refractivity contribution in [3.8, 4) is 0 Å². The van der Waals surface area contributed by atoms with Gasteiger partial charge >= 0.3 is 0 Å². The Bertz CT molecular complexity index is 504. The SMILES string of the molecule is CC(C)NC(c1ccc(F)cn1)c1ccnn1C. The molecule has 0 fully saturated rings. The minimum atomic E-state index is -0.327. The predicted molar refractivity (Wildman–Crippen MR) is 67.5 cm³/mol. The van der Waals surface area contributed by atoms with Crippen LogP contribution in [0.3, 0.4) is 0 Å². The zero-order valence-corrected chi connectivity index (χ0v) is 10.8. The molecule has 1 unspecified atom stereocenters. The lowest BCUT2D eigenvalue weighted by atomic mass is 10.1. The lowest BCUT2D eigenvalue weighted by Gasteiger charge is -2.21. The van der Waals surface area contributed by atoms with Crippen LogP contribution in [-0.4, -0.2) is 20.8 Å². The highest BCUT2D eigenvalue weighted by Gasteiger charge is 2.19. The lowest BCUT2D eigenvalue weighted by Crippen LogP contribution is -2.31. The largest absolute Gasteiger partial charge is 0.301 e. The first-order chi connectivity index (χ1) is 8.58. The Kier molecular flexibility index (Phi) is 3.72. The Hall–Kier alpha value is -1.75. The lowest BCUT2D eigenvalue weighted by molar-refractivity contribution is 0.491. The van der Waals surface area contributed by atoms with Gasteiger partial charge in [-0.05, 0) is 32.0 Å². The summed E-state index contributed by atoms with van der Waals surface area (Å²) in [7, 11) is 1.88. The van der Waals surface area contributed by atoms with Crippen molar-refractivity contribution in [1.82, 2.24) is 20.1 Å². The van der Waals surface area contributed by atoms with E-state index >= 15 is 0 Å². The zero-order valence-electron chi connectivity index (χ0n) is 10.8.